The highest BCUT2D eigenvalue weighted by molar-refractivity contribution is 6.25. The topological polar surface area (TPSA) is 15.3 Å². The van der Waals surface area contributed by atoms with Crippen molar-refractivity contribution in [1.29, 1.82) is 0 Å². The maximum absolute atomic E-state index is 5.70. The normalized spacial score (nSPS) is 39.1. The fourth-order valence-electron chi connectivity index (χ4n) is 2.82. The molecule has 0 aromatic heterocycles. The molecule has 2 saturated heterocycles. The molecule has 2 aliphatic heterocycles. The van der Waals surface area contributed by atoms with Crippen molar-refractivity contribution < 1.29 is 0 Å². The Morgan fingerprint density at radius 2 is 2.36 bits per heavy atom. The average molecular weight is 215 g/mol. The first-order valence-electron chi connectivity index (χ1n) is 5.43. The Morgan fingerprint density at radius 1 is 1.57 bits per heavy atom. The Bertz CT molecular complexity index is 239. The van der Waals surface area contributed by atoms with Crippen molar-refractivity contribution in [3.8, 4) is 0 Å². The molecule has 3 heteroatoms. The molecular formula is C11H19ClN2. The van der Waals surface area contributed by atoms with Gasteiger partial charge in [-0.1, -0.05) is 11.6 Å². The van der Waals surface area contributed by atoms with E-state index < -0.39 is 0 Å². The van der Waals surface area contributed by atoms with Gasteiger partial charge >= 0.3 is 0 Å². The zero-order chi connectivity index (χ0) is 10.1. The lowest BCUT2D eigenvalue weighted by Crippen LogP contribution is -2.34. The average Bonchev–Trinajstić information content (AvgIpc) is 2.72. The molecule has 3 atom stereocenters. The number of likely N-dealkylation sites (tertiary alicyclic amines) is 1. The highest BCUT2D eigenvalue weighted by Gasteiger charge is 2.41. The van der Waals surface area contributed by atoms with Gasteiger partial charge in [0, 0.05) is 24.7 Å². The summed E-state index contributed by atoms with van der Waals surface area (Å²) in [5.74, 6) is 1.73. The zero-order valence-corrected chi connectivity index (χ0v) is 9.72. The van der Waals surface area contributed by atoms with Gasteiger partial charge in [-0.25, -0.2) is 0 Å². The van der Waals surface area contributed by atoms with Gasteiger partial charge in [0.05, 0.1) is 0 Å². The van der Waals surface area contributed by atoms with Gasteiger partial charge in [0.25, 0.3) is 0 Å². The van der Waals surface area contributed by atoms with Gasteiger partial charge in [0.15, 0.2) is 0 Å². The molecule has 3 unspecified atom stereocenters. The first-order chi connectivity index (χ1) is 6.72. The summed E-state index contributed by atoms with van der Waals surface area (Å²) in [6.45, 7) is 9.13. The van der Waals surface area contributed by atoms with Crippen molar-refractivity contribution in [3.63, 3.8) is 0 Å². The van der Waals surface area contributed by atoms with Gasteiger partial charge in [-0.15, -0.1) is 0 Å². The molecule has 0 aromatic rings. The highest BCUT2D eigenvalue weighted by Crippen LogP contribution is 2.32. The number of hydrogen-bond donors (Lipinski definition) is 1. The van der Waals surface area contributed by atoms with Crippen LogP contribution in [0.1, 0.15) is 13.8 Å². The molecule has 2 heterocycles. The molecule has 0 radical (unpaired) electrons. The van der Waals surface area contributed by atoms with E-state index in [0.717, 1.165) is 18.4 Å². The van der Waals surface area contributed by atoms with Gasteiger partial charge in [0.1, 0.15) is 0 Å². The predicted octanol–water partition coefficient (Wildman–Crippen LogP) is 1.67. The third kappa shape index (κ3) is 1.83. The van der Waals surface area contributed by atoms with Crippen molar-refractivity contribution in [2.45, 2.75) is 19.9 Å². The standard InChI is InChI=1S/C11H19ClN2/c1-8(3-12)6-14-7-10-4-13-5-11(10)9(14)2/h3,9-11,13H,4-7H2,1-2H3/b8-3+. The Kier molecular flexibility index (Phi) is 3.15. The molecule has 0 aromatic carbocycles. The van der Waals surface area contributed by atoms with Crippen LogP contribution < -0.4 is 5.32 Å². The maximum Gasteiger partial charge on any atom is 0.0204 e. The first kappa shape index (κ1) is 10.5. The van der Waals surface area contributed by atoms with Crippen molar-refractivity contribution in [2.75, 3.05) is 26.2 Å². The first-order valence-corrected chi connectivity index (χ1v) is 5.86. The van der Waals surface area contributed by atoms with Crippen LogP contribution in [-0.4, -0.2) is 37.1 Å². The van der Waals surface area contributed by atoms with E-state index in [1.165, 1.54) is 25.2 Å². The van der Waals surface area contributed by atoms with Crippen molar-refractivity contribution in [3.05, 3.63) is 11.1 Å². The molecule has 14 heavy (non-hydrogen) atoms. The van der Waals surface area contributed by atoms with E-state index in [4.69, 9.17) is 11.6 Å². The lowest BCUT2D eigenvalue weighted by atomic mass is 9.95. The lowest BCUT2D eigenvalue weighted by molar-refractivity contribution is 0.259. The highest BCUT2D eigenvalue weighted by atomic mass is 35.5. The molecular weight excluding hydrogens is 196 g/mol. The van der Waals surface area contributed by atoms with Crippen LogP contribution in [0.15, 0.2) is 11.1 Å². The number of rotatable bonds is 2. The minimum atomic E-state index is 0.710. The Hall–Kier alpha value is -0.0500. The molecule has 2 nitrogen and oxygen atoms in total. The minimum Gasteiger partial charge on any atom is -0.316 e. The second kappa shape index (κ2) is 4.21. The summed E-state index contributed by atoms with van der Waals surface area (Å²) < 4.78 is 0. The van der Waals surface area contributed by atoms with Crippen LogP contribution >= 0.6 is 11.6 Å². The van der Waals surface area contributed by atoms with E-state index in [2.05, 4.69) is 24.1 Å². The largest absolute Gasteiger partial charge is 0.316 e. The van der Waals surface area contributed by atoms with Gasteiger partial charge in [0.2, 0.25) is 0 Å². The summed E-state index contributed by atoms with van der Waals surface area (Å²) in [5, 5.41) is 3.48. The number of halogens is 1. The number of hydrogen-bond acceptors (Lipinski definition) is 2. The molecule has 1 N–H and O–H groups in total. The smallest absolute Gasteiger partial charge is 0.0204 e. The minimum absolute atomic E-state index is 0.710. The summed E-state index contributed by atoms with van der Waals surface area (Å²) in [6, 6.07) is 0.710. The lowest BCUT2D eigenvalue weighted by Gasteiger charge is -2.24. The Balaban J connectivity index is 1.96. The zero-order valence-electron chi connectivity index (χ0n) is 8.96. The number of fused-ring (bicyclic) bond motifs is 1. The van der Waals surface area contributed by atoms with E-state index in [0.29, 0.717) is 6.04 Å². The third-order valence-corrected chi connectivity index (χ3v) is 4.07. The summed E-state index contributed by atoms with van der Waals surface area (Å²) >= 11 is 5.70. The van der Waals surface area contributed by atoms with Gasteiger partial charge in [-0.05, 0) is 44.3 Å². The molecule has 80 valence electrons. The van der Waals surface area contributed by atoms with E-state index in [1.54, 1.807) is 5.54 Å². The molecule has 2 fully saturated rings. The Morgan fingerprint density at radius 3 is 3.00 bits per heavy atom. The van der Waals surface area contributed by atoms with Gasteiger partial charge in [-0.2, -0.15) is 0 Å². The van der Waals surface area contributed by atoms with Crippen LogP contribution in [0.2, 0.25) is 0 Å². The molecule has 0 saturated carbocycles. The van der Waals surface area contributed by atoms with Crippen LogP contribution in [0.5, 0.6) is 0 Å². The summed E-state index contributed by atoms with van der Waals surface area (Å²) in [7, 11) is 0. The molecule has 0 amide bonds. The van der Waals surface area contributed by atoms with E-state index >= 15 is 0 Å². The van der Waals surface area contributed by atoms with Crippen LogP contribution in [0.3, 0.4) is 0 Å². The van der Waals surface area contributed by atoms with E-state index in [-0.39, 0.29) is 0 Å². The number of nitrogens with one attached hydrogen (secondary N) is 1. The van der Waals surface area contributed by atoms with Crippen LogP contribution in [0.25, 0.3) is 0 Å². The van der Waals surface area contributed by atoms with Gasteiger partial charge in [-0.3, -0.25) is 4.90 Å². The monoisotopic (exact) mass is 214 g/mol. The van der Waals surface area contributed by atoms with Crippen LogP contribution in [-0.2, 0) is 0 Å². The fourth-order valence-corrected chi connectivity index (χ4v) is 2.89. The number of nitrogens with zero attached hydrogens (tertiary/aromatic N) is 1. The second-order valence-electron chi connectivity index (χ2n) is 4.71. The van der Waals surface area contributed by atoms with Crippen LogP contribution in [0.4, 0.5) is 0 Å². The quantitative estimate of drug-likeness (QED) is 0.753. The molecule has 0 bridgehead atoms. The van der Waals surface area contributed by atoms with Crippen LogP contribution in [0, 0.1) is 11.8 Å². The van der Waals surface area contributed by atoms with E-state index in [1.807, 2.05) is 0 Å². The molecule has 0 spiro atoms. The predicted molar refractivity (Wildman–Crippen MR) is 60.5 cm³/mol. The van der Waals surface area contributed by atoms with Gasteiger partial charge < -0.3 is 5.32 Å². The SMILES string of the molecule is C/C(=C\Cl)CN1CC2CNCC2C1C. The summed E-state index contributed by atoms with van der Waals surface area (Å²) in [4.78, 5) is 2.56. The Labute approximate surface area is 91.3 Å². The summed E-state index contributed by atoms with van der Waals surface area (Å²) in [6.07, 6.45) is 0. The molecule has 2 rings (SSSR count). The second-order valence-corrected chi connectivity index (χ2v) is 4.93. The molecule has 0 aliphatic carbocycles. The van der Waals surface area contributed by atoms with Crippen molar-refractivity contribution in [2.24, 2.45) is 11.8 Å². The summed E-state index contributed by atoms with van der Waals surface area (Å²) in [5.41, 5.74) is 2.98. The molecule has 2 aliphatic rings. The fraction of sp³-hybridized carbons (Fsp3) is 0.818. The van der Waals surface area contributed by atoms with Crippen molar-refractivity contribution in [1.82, 2.24) is 10.2 Å². The maximum atomic E-state index is 5.70. The van der Waals surface area contributed by atoms with E-state index in [9.17, 15) is 0 Å². The third-order valence-electron chi connectivity index (χ3n) is 3.70. The van der Waals surface area contributed by atoms with Crippen molar-refractivity contribution >= 4 is 11.6 Å².